The summed E-state index contributed by atoms with van der Waals surface area (Å²) in [4.78, 5) is 2.05. The van der Waals surface area contributed by atoms with Crippen molar-refractivity contribution in [2.75, 3.05) is 23.8 Å². The average molecular weight is 258 g/mol. The molecule has 0 aliphatic heterocycles. The number of likely N-dealkylation sites (N-methyl/N-ethyl adjacent to an activating group) is 1. The van der Waals surface area contributed by atoms with Gasteiger partial charge in [-0.25, -0.2) is 0 Å². The van der Waals surface area contributed by atoms with E-state index in [1.54, 1.807) is 0 Å². The number of alkyl halides is 1. The molecule has 0 aliphatic rings. The van der Waals surface area contributed by atoms with Gasteiger partial charge < -0.3 is 10.0 Å². The number of aliphatic hydroxyl groups excluding tert-OH is 1. The number of rotatable bonds is 4. The van der Waals surface area contributed by atoms with Crippen molar-refractivity contribution in [3.63, 3.8) is 0 Å². The SMILES string of the molecule is Cc1ccc(N(C)CC(O)CBr)cc1. The smallest absolute Gasteiger partial charge is 0.0811 e. The summed E-state index contributed by atoms with van der Waals surface area (Å²) < 4.78 is 0. The van der Waals surface area contributed by atoms with Crippen molar-refractivity contribution in [3.8, 4) is 0 Å². The molecule has 1 aromatic carbocycles. The first kappa shape index (κ1) is 11.5. The number of anilines is 1. The molecule has 0 saturated carbocycles. The van der Waals surface area contributed by atoms with Gasteiger partial charge >= 0.3 is 0 Å². The van der Waals surface area contributed by atoms with E-state index in [0.29, 0.717) is 11.9 Å². The number of nitrogens with zero attached hydrogens (tertiary/aromatic N) is 1. The van der Waals surface area contributed by atoms with Crippen LogP contribution in [0.2, 0.25) is 0 Å². The van der Waals surface area contributed by atoms with Gasteiger partial charge in [0.05, 0.1) is 6.10 Å². The Morgan fingerprint density at radius 3 is 2.43 bits per heavy atom. The van der Waals surface area contributed by atoms with E-state index in [2.05, 4.69) is 47.1 Å². The van der Waals surface area contributed by atoms with Gasteiger partial charge in [-0.15, -0.1) is 0 Å². The van der Waals surface area contributed by atoms with Crippen LogP contribution in [0.4, 0.5) is 5.69 Å². The van der Waals surface area contributed by atoms with Crippen LogP contribution in [0.25, 0.3) is 0 Å². The highest BCUT2D eigenvalue weighted by Crippen LogP contribution is 2.13. The molecule has 0 heterocycles. The Labute approximate surface area is 93.7 Å². The first-order valence-electron chi connectivity index (χ1n) is 4.65. The zero-order valence-corrected chi connectivity index (χ0v) is 10.2. The highest BCUT2D eigenvalue weighted by molar-refractivity contribution is 9.09. The standard InChI is InChI=1S/C11H16BrNO/c1-9-3-5-10(6-4-9)13(2)8-11(14)7-12/h3-6,11,14H,7-8H2,1-2H3. The number of hydrogen-bond donors (Lipinski definition) is 1. The summed E-state index contributed by atoms with van der Waals surface area (Å²) in [5.41, 5.74) is 2.39. The van der Waals surface area contributed by atoms with Crippen LogP contribution in [0.5, 0.6) is 0 Å². The Kier molecular flexibility index (Phi) is 4.42. The van der Waals surface area contributed by atoms with Crippen molar-refractivity contribution in [2.24, 2.45) is 0 Å². The molecule has 0 spiro atoms. The molecule has 0 amide bonds. The van der Waals surface area contributed by atoms with E-state index in [-0.39, 0.29) is 6.10 Å². The molecule has 1 N–H and O–H groups in total. The molecule has 1 atom stereocenters. The first-order chi connectivity index (χ1) is 6.63. The Hall–Kier alpha value is -0.540. The quantitative estimate of drug-likeness (QED) is 0.837. The fourth-order valence-corrected chi connectivity index (χ4v) is 1.47. The fourth-order valence-electron chi connectivity index (χ4n) is 1.27. The minimum absolute atomic E-state index is 0.318. The predicted octanol–water partition coefficient (Wildman–Crippen LogP) is 2.19. The van der Waals surface area contributed by atoms with Crippen LogP contribution < -0.4 is 4.90 Å². The molecular formula is C11H16BrNO. The molecule has 0 radical (unpaired) electrons. The fraction of sp³-hybridized carbons (Fsp3) is 0.455. The molecule has 14 heavy (non-hydrogen) atoms. The normalized spacial score (nSPS) is 12.6. The van der Waals surface area contributed by atoms with Crippen LogP contribution in [0, 0.1) is 6.92 Å². The number of hydrogen-bond acceptors (Lipinski definition) is 2. The van der Waals surface area contributed by atoms with Gasteiger partial charge in [-0.2, -0.15) is 0 Å². The average Bonchev–Trinajstić information content (AvgIpc) is 2.18. The van der Waals surface area contributed by atoms with Gasteiger partial charge in [0.1, 0.15) is 0 Å². The number of halogens is 1. The Balaban J connectivity index is 2.60. The third kappa shape index (κ3) is 3.31. The van der Waals surface area contributed by atoms with E-state index in [1.807, 2.05) is 11.9 Å². The maximum absolute atomic E-state index is 9.46. The molecule has 1 aromatic rings. The predicted molar refractivity (Wildman–Crippen MR) is 64.2 cm³/mol. The number of aliphatic hydroxyl groups is 1. The second-order valence-electron chi connectivity index (χ2n) is 3.52. The molecular weight excluding hydrogens is 242 g/mol. The maximum Gasteiger partial charge on any atom is 0.0811 e. The topological polar surface area (TPSA) is 23.5 Å². The van der Waals surface area contributed by atoms with E-state index in [0.717, 1.165) is 5.69 Å². The van der Waals surface area contributed by atoms with Gasteiger partial charge in [-0.05, 0) is 19.1 Å². The van der Waals surface area contributed by atoms with Crippen LogP contribution in [0.1, 0.15) is 5.56 Å². The van der Waals surface area contributed by atoms with Gasteiger partial charge in [0.15, 0.2) is 0 Å². The van der Waals surface area contributed by atoms with E-state index in [1.165, 1.54) is 5.56 Å². The molecule has 0 fully saturated rings. The van der Waals surface area contributed by atoms with Crippen LogP contribution in [-0.2, 0) is 0 Å². The van der Waals surface area contributed by atoms with Gasteiger partial charge in [0.25, 0.3) is 0 Å². The zero-order chi connectivity index (χ0) is 10.6. The molecule has 78 valence electrons. The molecule has 1 unspecified atom stereocenters. The molecule has 0 saturated heterocycles. The lowest BCUT2D eigenvalue weighted by Crippen LogP contribution is -2.29. The lowest BCUT2D eigenvalue weighted by atomic mass is 10.2. The number of benzene rings is 1. The minimum atomic E-state index is -0.318. The molecule has 1 rings (SSSR count). The van der Waals surface area contributed by atoms with Gasteiger partial charge in [-0.3, -0.25) is 0 Å². The lowest BCUT2D eigenvalue weighted by molar-refractivity contribution is 0.207. The third-order valence-corrected chi connectivity index (χ3v) is 2.88. The van der Waals surface area contributed by atoms with Gasteiger partial charge in [0.2, 0.25) is 0 Å². The van der Waals surface area contributed by atoms with Crippen molar-refractivity contribution in [3.05, 3.63) is 29.8 Å². The van der Waals surface area contributed by atoms with Gasteiger partial charge in [-0.1, -0.05) is 33.6 Å². The molecule has 2 nitrogen and oxygen atoms in total. The second kappa shape index (κ2) is 5.37. The highest BCUT2D eigenvalue weighted by atomic mass is 79.9. The summed E-state index contributed by atoms with van der Waals surface area (Å²) in [7, 11) is 1.98. The summed E-state index contributed by atoms with van der Waals surface area (Å²) in [6.45, 7) is 2.71. The molecule has 3 heteroatoms. The van der Waals surface area contributed by atoms with Crippen molar-refractivity contribution in [1.29, 1.82) is 0 Å². The minimum Gasteiger partial charge on any atom is -0.390 e. The summed E-state index contributed by atoms with van der Waals surface area (Å²) in [6, 6.07) is 8.28. The van der Waals surface area contributed by atoms with Crippen LogP contribution in [0.3, 0.4) is 0 Å². The Morgan fingerprint density at radius 1 is 1.36 bits per heavy atom. The van der Waals surface area contributed by atoms with Gasteiger partial charge in [0, 0.05) is 24.6 Å². The maximum atomic E-state index is 9.46. The number of aryl methyl sites for hydroxylation is 1. The Morgan fingerprint density at radius 2 is 1.93 bits per heavy atom. The summed E-state index contributed by atoms with van der Waals surface area (Å²) in [5.74, 6) is 0. The first-order valence-corrected chi connectivity index (χ1v) is 5.77. The van der Waals surface area contributed by atoms with Crippen molar-refractivity contribution in [2.45, 2.75) is 13.0 Å². The molecule has 0 bridgehead atoms. The second-order valence-corrected chi connectivity index (χ2v) is 4.17. The van der Waals surface area contributed by atoms with Crippen molar-refractivity contribution >= 4 is 21.6 Å². The largest absolute Gasteiger partial charge is 0.390 e. The highest BCUT2D eigenvalue weighted by Gasteiger charge is 2.06. The molecule has 0 aliphatic carbocycles. The summed E-state index contributed by atoms with van der Waals surface area (Å²) in [6.07, 6.45) is -0.318. The molecule has 0 aromatic heterocycles. The van der Waals surface area contributed by atoms with Crippen molar-refractivity contribution < 1.29 is 5.11 Å². The monoisotopic (exact) mass is 257 g/mol. The van der Waals surface area contributed by atoms with E-state index < -0.39 is 0 Å². The van der Waals surface area contributed by atoms with E-state index >= 15 is 0 Å². The van der Waals surface area contributed by atoms with E-state index in [4.69, 9.17) is 0 Å². The Bertz CT molecular complexity index is 273. The van der Waals surface area contributed by atoms with Crippen LogP contribution in [-0.4, -0.2) is 30.1 Å². The zero-order valence-electron chi connectivity index (χ0n) is 8.57. The lowest BCUT2D eigenvalue weighted by Gasteiger charge is -2.21. The third-order valence-electron chi connectivity index (χ3n) is 2.14. The van der Waals surface area contributed by atoms with E-state index in [9.17, 15) is 5.11 Å². The van der Waals surface area contributed by atoms with Crippen LogP contribution >= 0.6 is 15.9 Å². The summed E-state index contributed by atoms with van der Waals surface area (Å²) >= 11 is 3.25. The van der Waals surface area contributed by atoms with Crippen LogP contribution in [0.15, 0.2) is 24.3 Å². The van der Waals surface area contributed by atoms with Crippen molar-refractivity contribution in [1.82, 2.24) is 0 Å². The summed E-state index contributed by atoms with van der Waals surface area (Å²) in [5, 5.41) is 10.1.